The van der Waals surface area contributed by atoms with Gasteiger partial charge in [0.15, 0.2) is 0 Å². The highest BCUT2D eigenvalue weighted by Crippen LogP contribution is 2.28. The number of rotatable bonds is 5. The third kappa shape index (κ3) is 4.35. The number of aryl methyl sites for hydroxylation is 1. The van der Waals surface area contributed by atoms with Crippen LogP contribution in [0.2, 0.25) is 5.02 Å². The molecule has 3 rings (SSSR count). The first kappa shape index (κ1) is 19.5. The normalized spacial score (nSPS) is 10.9. The number of anilines is 1. The Labute approximate surface area is 168 Å². The minimum Gasteiger partial charge on any atom is -0.495 e. The largest absolute Gasteiger partial charge is 0.495 e. The molecule has 0 spiro atoms. The van der Waals surface area contributed by atoms with Gasteiger partial charge in [0.1, 0.15) is 5.75 Å². The summed E-state index contributed by atoms with van der Waals surface area (Å²) in [6.07, 6.45) is 1.62. The molecule has 0 saturated carbocycles. The summed E-state index contributed by atoms with van der Waals surface area (Å²) in [6, 6.07) is 16.4. The predicted octanol–water partition coefficient (Wildman–Crippen LogP) is 4.91. The molecule has 0 aliphatic rings. The summed E-state index contributed by atoms with van der Waals surface area (Å²) in [5, 5.41) is 7.30. The van der Waals surface area contributed by atoms with Crippen LogP contribution in [0.25, 0.3) is 5.69 Å². The average Bonchev–Trinajstić information content (AvgIpc) is 2.96. The van der Waals surface area contributed by atoms with Crippen LogP contribution in [0.1, 0.15) is 17.0 Å². The van der Waals surface area contributed by atoms with E-state index in [9.17, 15) is 4.79 Å². The van der Waals surface area contributed by atoms with Crippen LogP contribution in [-0.4, -0.2) is 23.9 Å². The number of benzene rings is 2. The van der Waals surface area contributed by atoms with Gasteiger partial charge in [0.05, 0.1) is 18.3 Å². The molecule has 0 atom stereocenters. The molecule has 2 aromatic carbocycles. The summed E-state index contributed by atoms with van der Waals surface area (Å²) in [4.78, 5) is 11.9. The first-order valence-electron chi connectivity index (χ1n) is 8.67. The molecule has 0 fully saturated rings. The van der Waals surface area contributed by atoms with Crippen LogP contribution in [0, 0.1) is 13.8 Å². The lowest BCUT2D eigenvalue weighted by molar-refractivity contribution is 0.252. The van der Waals surface area contributed by atoms with E-state index in [1.165, 1.54) is 0 Å². The Bertz CT molecular complexity index is 1010. The van der Waals surface area contributed by atoms with Crippen molar-refractivity contribution in [3.8, 4) is 11.4 Å². The molecular formula is C21H21ClN4O2. The third-order valence-corrected chi connectivity index (χ3v) is 4.56. The zero-order valence-electron chi connectivity index (χ0n) is 15.9. The van der Waals surface area contributed by atoms with Crippen LogP contribution in [0.5, 0.6) is 5.75 Å². The maximum Gasteiger partial charge on any atom is 0.339 e. The van der Waals surface area contributed by atoms with Crippen LogP contribution in [0.4, 0.5) is 10.5 Å². The molecule has 0 aliphatic carbocycles. The van der Waals surface area contributed by atoms with Crippen molar-refractivity contribution < 1.29 is 9.53 Å². The number of ether oxygens (including phenoxy) is 1. The van der Waals surface area contributed by atoms with Crippen LogP contribution in [-0.2, 0) is 0 Å². The number of hydrazone groups is 1. The molecule has 144 valence electrons. The second-order valence-corrected chi connectivity index (χ2v) is 6.58. The fourth-order valence-electron chi connectivity index (χ4n) is 2.95. The van der Waals surface area contributed by atoms with Crippen LogP contribution >= 0.6 is 11.6 Å². The van der Waals surface area contributed by atoms with Crippen molar-refractivity contribution in [2.45, 2.75) is 13.8 Å². The van der Waals surface area contributed by atoms with Crippen molar-refractivity contribution in [1.82, 2.24) is 9.99 Å². The molecule has 6 nitrogen and oxygen atoms in total. The van der Waals surface area contributed by atoms with Gasteiger partial charge in [-0.15, -0.1) is 0 Å². The lowest BCUT2D eigenvalue weighted by atomic mass is 10.2. The highest BCUT2D eigenvalue weighted by molar-refractivity contribution is 6.32. The highest BCUT2D eigenvalue weighted by Gasteiger charge is 2.11. The molecule has 28 heavy (non-hydrogen) atoms. The van der Waals surface area contributed by atoms with E-state index in [0.29, 0.717) is 16.5 Å². The molecule has 2 amide bonds. The number of halogens is 1. The number of nitrogens with zero attached hydrogens (tertiary/aromatic N) is 2. The number of amides is 2. The van der Waals surface area contributed by atoms with Crippen molar-refractivity contribution >= 4 is 29.5 Å². The minimum atomic E-state index is -0.404. The molecule has 7 heteroatoms. The van der Waals surface area contributed by atoms with E-state index in [1.54, 1.807) is 25.5 Å². The number of para-hydroxylation sites is 1. The van der Waals surface area contributed by atoms with Gasteiger partial charge in [-0.2, -0.15) is 5.10 Å². The maximum atomic E-state index is 11.9. The number of aromatic nitrogens is 1. The van der Waals surface area contributed by atoms with Crippen molar-refractivity contribution in [3.05, 3.63) is 76.6 Å². The Morgan fingerprint density at radius 3 is 2.57 bits per heavy atom. The fourth-order valence-corrected chi connectivity index (χ4v) is 3.20. The van der Waals surface area contributed by atoms with Crippen molar-refractivity contribution in [3.63, 3.8) is 0 Å². The van der Waals surface area contributed by atoms with Gasteiger partial charge in [0.2, 0.25) is 0 Å². The lowest BCUT2D eigenvalue weighted by Crippen LogP contribution is -2.24. The van der Waals surface area contributed by atoms with Crippen LogP contribution in [0.3, 0.4) is 0 Å². The Morgan fingerprint density at radius 2 is 1.89 bits per heavy atom. The van der Waals surface area contributed by atoms with E-state index in [2.05, 4.69) is 20.4 Å². The zero-order valence-corrected chi connectivity index (χ0v) is 16.6. The fraction of sp³-hybridized carbons (Fsp3) is 0.143. The second kappa shape index (κ2) is 8.63. The van der Waals surface area contributed by atoms with Gasteiger partial charge in [-0.25, -0.2) is 10.2 Å². The second-order valence-electron chi connectivity index (χ2n) is 6.17. The molecule has 1 aromatic heterocycles. The first-order chi connectivity index (χ1) is 13.5. The van der Waals surface area contributed by atoms with Gasteiger partial charge in [0.25, 0.3) is 0 Å². The standard InChI is InChI=1S/C21H21ClN4O2/c1-14-11-16(13-23-25-21(27)24-17-7-5-4-6-8-17)15(2)26(14)18-9-10-20(28-3)19(22)12-18/h4-13H,1-3H3,(H2,24,25,27)/b23-13-. The number of hydrogen-bond donors (Lipinski definition) is 2. The lowest BCUT2D eigenvalue weighted by Gasteiger charge is -2.11. The number of nitrogens with one attached hydrogen (secondary N) is 2. The maximum absolute atomic E-state index is 11.9. The highest BCUT2D eigenvalue weighted by atomic mass is 35.5. The van der Waals surface area contributed by atoms with E-state index in [1.807, 2.05) is 56.3 Å². The van der Waals surface area contributed by atoms with Crippen molar-refractivity contribution in [2.24, 2.45) is 5.10 Å². The van der Waals surface area contributed by atoms with Gasteiger partial charge in [-0.05, 0) is 50.2 Å². The Kier molecular flexibility index (Phi) is 6.01. The monoisotopic (exact) mass is 396 g/mol. The molecule has 0 radical (unpaired) electrons. The summed E-state index contributed by atoms with van der Waals surface area (Å²) >= 11 is 6.26. The molecule has 1 heterocycles. The quantitative estimate of drug-likeness (QED) is 0.475. The first-order valence-corrected chi connectivity index (χ1v) is 9.05. The van der Waals surface area contributed by atoms with E-state index in [4.69, 9.17) is 16.3 Å². The smallest absolute Gasteiger partial charge is 0.339 e. The summed E-state index contributed by atoms with van der Waals surface area (Å²) < 4.78 is 7.28. The van der Waals surface area contributed by atoms with Gasteiger partial charge in [-0.3, -0.25) is 0 Å². The van der Waals surface area contributed by atoms with Crippen LogP contribution < -0.4 is 15.5 Å². The number of hydrogen-bond acceptors (Lipinski definition) is 3. The van der Waals surface area contributed by atoms with Gasteiger partial charge in [-0.1, -0.05) is 29.8 Å². The number of methoxy groups -OCH3 is 1. The number of urea groups is 1. The predicted molar refractivity (Wildman–Crippen MR) is 113 cm³/mol. The average molecular weight is 397 g/mol. The number of carbonyl (C=O) groups excluding carboxylic acids is 1. The molecule has 2 N–H and O–H groups in total. The third-order valence-electron chi connectivity index (χ3n) is 4.27. The summed E-state index contributed by atoms with van der Waals surface area (Å²) in [5.41, 5.74) is 6.99. The summed E-state index contributed by atoms with van der Waals surface area (Å²) in [7, 11) is 1.59. The van der Waals surface area contributed by atoms with E-state index >= 15 is 0 Å². The van der Waals surface area contributed by atoms with Crippen LogP contribution in [0.15, 0.2) is 59.7 Å². The van der Waals surface area contributed by atoms with Gasteiger partial charge in [0, 0.05) is 28.3 Å². The van der Waals surface area contributed by atoms with E-state index in [-0.39, 0.29) is 0 Å². The Morgan fingerprint density at radius 1 is 1.14 bits per heavy atom. The van der Waals surface area contributed by atoms with E-state index < -0.39 is 6.03 Å². The van der Waals surface area contributed by atoms with Gasteiger partial charge >= 0.3 is 6.03 Å². The molecular weight excluding hydrogens is 376 g/mol. The SMILES string of the molecule is COc1ccc(-n2c(C)cc(/C=N\NC(=O)Nc3ccccc3)c2C)cc1Cl. The molecule has 0 bridgehead atoms. The Balaban J connectivity index is 1.73. The Hall–Kier alpha value is -3.25. The minimum absolute atomic E-state index is 0.404. The zero-order chi connectivity index (χ0) is 20.1. The van der Waals surface area contributed by atoms with E-state index in [0.717, 1.165) is 22.6 Å². The topological polar surface area (TPSA) is 67.6 Å². The number of carbonyl (C=O) groups is 1. The molecule has 0 saturated heterocycles. The summed E-state index contributed by atoms with van der Waals surface area (Å²) in [5.74, 6) is 0.628. The molecule has 3 aromatic rings. The van der Waals surface area contributed by atoms with Gasteiger partial charge < -0.3 is 14.6 Å². The molecule has 0 unspecified atom stereocenters. The van der Waals surface area contributed by atoms with Crippen molar-refractivity contribution in [2.75, 3.05) is 12.4 Å². The summed E-state index contributed by atoms with van der Waals surface area (Å²) in [6.45, 7) is 3.98. The van der Waals surface area contributed by atoms with Crippen molar-refractivity contribution in [1.29, 1.82) is 0 Å². The molecule has 0 aliphatic heterocycles.